The fourth-order valence-corrected chi connectivity index (χ4v) is 6.22. The fraction of sp³-hybridized carbons (Fsp3) is 0.500. The van der Waals surface area contributed by atoms with Crippen LogP contribution in [0.5, 0.6) is 0 Å². The Morgan fingerprint density at radius 2 is 1.62 bits per heavy atom. The number of nitrogens with zero attached hydrogens (tertiary/aromatic N) is 7. The van der Waals surface area contributed by atoms with E-state index >= 15 is 0 Å². The molecule has 0 aliphatic carbocycles. The Morgan fingerprint density at radius 1 is 0.956 bits per heavy atom. The molecule has 10 atom stereocenters. The molecule has 45 heavy (non-hydrogen) atoms. The van der Waals surface area contributed by atoms with Gasteiger partial charge in [-0.3, -0.25) is 28.0 Å². The van der Waals surface area contributed by atoms with Gasteiger partial charge in [-0.1, -0.05) is 0 Å². The van der Waals surface area contributed by atoms with Crippen LogP contribution < -0.4 is 17.0 Å². The molecule has 23 nitrogen and oxygen atoms in total. The SMILES string of the molecule is Nc1nc2c(ncn2[C@@H]2O[C@H](COP(=O)(O)O[C@H]3[C@@H](O)[C@H](n4cnc5c(N)ncnc54)O[C@@H]3CO[P+](=O)O)[C@@H](O)[C@H]2O)c(=O)[nH]1. The molecule has 0 radical (unpaired) electrons. The largest absolute Gasteiger partial charge is 0.694 e. The Morgan fingerprint density at radius 3 is 2.36 bits per heavy atom. The maximum Gasteiger partial charge on any atom is 0.694 e. The Hall–Kier alpha value is -3.57. The average Bonchev–Trinajstić information content (AvgIpc) is 3.73. The highest BCUT2D eigenvalue weighted by molar-refractivity contribution is 7.47. The van der Waals surface area contributed by atoms with E-state index in [0.29, 0.717) is 0 Å². The van der Waals surface area contributed by atoms with Crippen molar-refractivity contribution < 1.29 is 57.3 Å². The zero-order chi connectivity index (χ0) is 32.2. The molecule has 10 N–H and O–H groups in total. The highest BCUT2D eigenvalue weighted by Crippen LogP contribution is 2.49. The molecular weight excluding hydrogens is 650 g/mol. The van der Waals surface area contributed by atoms with E-state index in [1.807, 2.05) is 0 Å². The van der Waals surface area contributed by atoms with Crippen LogP contribution in [0.15, 0.2) is 23.8 Å². The Balaban J connectivity index is 1.17. The number of nitrogen functional groups attached to an aromatic ring is 2. The minimum Gasteiger partial charge on any atom is -0.387 e. The molecule has 2 unspecified atom stereocenters. The van der Waals surface area contributed by atoms with E-state index in [4.69, 9.17) is 39.4 Å². The van der Waals surface area contributed by atoms with Crippen molar-refractivity contribution in [2.75, 3.05) is 24.7 Å². The second kappa shape index (κ2) is 12.0. The lowest BCUT2D eigenvalue weighted by molar-refractivity contribution is -0.0573. The summed E-state index contributed by atoms with van der Waals surface area (Å²) in [5.74, 6) is -0.211. The zero-order valence-corrected chi connectivity index (χ0v) is 24.2. The molecule has 0 bridgehead atoms. The number of ether oxygens (including phenoxy) is 2. The van der Waals surface area contributed by atoms with Crippen molar-refractivity contribution in [2.24, 2.45) is 0 Å². The van der Waals surface area contributed by atoms with Crippen molar-refractivity contribution in [2.45, 2.75) is 49.1 Å². The van der Waals surface area contributed by atoms with Crippen molar-refractivity contribution in [3.8, 4) is 0 Å². The third kappa shape index (κ3) is 5.92. The molecule has 0 spiro atoms. The molecule has 0 saturated carbocycles. The Labute approximate surface area is 249 Å². The number of imidazole rings is 2. The van der Waals surface area contributed by atoms with Gasteiger partial charge in [0.2, 0.25) is 5.95 Å². The summed E-state index contributed by atoms with van der Waals surface area (Å²) in [4.78, 5) is 53.8. The molecular formula is C20H25N10O13P2+. The first-order chi connectivity index (χ1) is 21.3. The van der Waals surface area contributed by atoms with Crippen LogP contribution in [0.2, 0.25) is 0 Å². The first kappa shape index (κ1) is 31.4. The molecule has 2 aliphatic heterocycles. The maximum absolute atomic E-state index is 13.0. The van der Waals surface area contributed by atoms with Gasteiger partial charge in [0.1, 0.15) is 55.1 Å². The number of aromatic nitrogens is 8. The second-order valence-corrected chi connectivity index (χ2v) is 12.0. The average molecular weight is 675 g/mol. The number of nitrogens with one attached hydrogen (secondary N) is 1. The van der Waals surface area contributed by atoms with Crippen LogP contribution in [0.1, 0.15) is 12.5 Å². The quantitative estimate of drug-likeness (QED) is 0.0785. The molecule has 6 heterocycles. The van der Waals surface area contributed by atoms with Crippen molar-refractivity contribution >= 4 is 50.2 Å². The number of fused-ring (bicyclic) bond motifs is 2. The summed E-state index contributed by atoms with van der Waals surface area (Å²) >= 11 is 0. The lowest BCUT2D eigenvalue weighted by Gasteiger charge is -2.23. The third-order valence-electron chi connectivity index (χ3n) is 7.04. The molecule has 0 aromatic carbocycles. The van der Waals surface area contributed by atoms with Crippen LogP contribution in [0.4, 0.5) is 11.8 Å². The van der Waals surface area contributed by atoms with Crippen molar-refractivity contribution in [1.29, 1.82) is 0 Å². The van der Waals surface area contributed by atoms with E-state index in [9.17, 15) is 34.1 Å². The third-order valence-corrected chi connectivity index (χ3v) is 8.39. The van der Waals surface area contributed by atoms with Gasteiger partial charge in [0.25, 0.3) is 5.56 Å². The van der Waals surface area contributed by atoms with Crippen LogP contribution >= 0.6 is 16.1 Å². The van der Waals surface area contributed by atoms with Gasteiger partial charge in [-0.2, -0.15) is 4.98 Å². The fourth-order valence-electron chi connectivity index (χ4n) is 4.99. The summed E-state index contributed by atoms with van der Waals surface area (Å²) in [7, 11) is -8.24. The highest BCUT2D eigenvalue weighted by Gasteiger charge is 2.51. The van der Waals surface area contributed by atoms with Gasteiger partial charge in [-0.05, 0) is 0 Å². The van der Waals surface area contributed by atoms with E-state index in [0.717, 1.165) is 17.2 Å². The number of hydrogen-bond acceptors (Lipinski definition) is 18. The second-order valence-electron chi connectivity index (χ2n) is 9.83. The topological polar surface area (TPSA) is 341 Å². The van der Waals surface area contributed by atoms with Crippen molar-refractivity contribution in [1.82, 2.24) is 39.0 Å². The number of aliphatic hydroxyl groups excluding tert-OH is 3. The molecule has 25 heteroatoms. The Kier molecular flexibility index (Phi) is 8.36. The number of aliphatic hydroxyl groups is 3. The van der Waals surface area contributed by atoms with Gasteiger partial charge in [-0.15, -0.1) is 9.42 Å². The van der Waals surface area contributed by atoms with Crippen LogP contribution in [0.25, 0.3) is 22.3 Å². The van der Waals surface area contributed by atoms with Gasteiger partial charge in [-0.25, -0.2) is 24.5 Å². The normalized spacial score (nSPS) is 30.3. The molecule has 4 aromatic heterocycles. The van der Waals surface area contributed by atoms with Crippen molar-refractivity contribution in [3.63, 3.8) is 0 Å². The van der Waals surface area contributed by atoms with E-state index in [-0.39, 0.29) is 34.1 Å². The van der Waals surface area contributed by atoms with E-state index < -0.39 is 83.9 Å². The number of H-pyrrole nitrogens is 1. The molecule has 2 aliphatic rings. The minimum atomic E-state index is -5.12. The van der Waals surface area contributed by atoms with E-state index in [1.54, 1.807) is 0 Å². The van der Waals surface area contributed by atoms with Crippen LogP contribution in [0, 0.1) is 0 Å². The highest BCUT2D eigenvalue weighted by atomic mass is 31.2. The summed E-state index contributed by atoms with van der Waals surface area (Å²) in [5.41, 5.74) is 10.9. The molecule has 0 amide bonds. The number of aromatic amines is 1. The standard InChI is InChI=1S/C20H24N10O13P2/c21-14-8-15(24-3-23-14)29(4-25-8)19-12(33)13(7(42-19)1-39-44(35)36)43-45(37,38)40-2-6-10(31)11(32)18(41-6)30-5-26-9-16(30)27-20(22)28-17(9)34/h3-7,10-13,18-19,31-33H,1-2H2,(H6-,21,22,23,24,27,28,34,35,36,37,38)/p+1/t6-,7-,10-,11-,12-,13-,18-,19-/m1/s1. The first-order valence-electron chi connectivity index (χ1n) is 12.8. The number of rotatable bonds is 10. The number of nitrogens with two attached hydrogens (primary N) is 2. The van der Waals surface area contributed by atoms with Gasteiger partial charge in [0.05, 0.1) is 19.3 Å². The summed E-state index contributed by atoms with van der Waals surface area (Å²) < 4.78 is 52.9. The smallest absolute Gasteiger partial charge is 0.387 e. The Bertz CT molecular complexity index is 1850. The lowest BCUT2D eigenvalue weighted by atomic mass is 10.1. The molecule has 242 valence electrons. The number of phosphoric acid groups is 1. The van der Waals surface area contributed by atoms with Gasteiger partial charge in [0, 0.05) is 4.57 Å². The van der Waals surface area contributed by atoms with Gasteiger partial charge in [0.15, 0.2) is 35.1 Å². The predicted octanol–water partition coefficient (Wildman–Crippen LogP) is -2.83. The summed E-state index contributed by atoms with van der Waals surface area (Å²) in [6.07, 6.45) is -8.73. The zero-order valence-electron chi connectivity index (χ0n) is 22.4. The summed E-state index contributed by atoms with van der Waals surface area (Å²) in [5, 5.41) is 32.3. The summed E-state index contributed by atoms with van der Waals surface area (Å²) in [6, 6.07) is 0. The van der Waals surface area contributed by atoms with E-state index in [1.165, 1.54) is 10.9 Å². The van der Waals surface area contributed by atoms with Gasteiger partial charge < -0.3 is 41.2 Å². The van der Waals surface area contributed by atoms with Crippen LogP contribution in [-0.2, 0) is 32.2 Å². The number of phosphoric ester groups is 1. The molecule has 2 saturated heterocycles. The lowest BCUT2D eigenvalue weighted by Crippen LogP contribution is -2.36. The molecule has 6 rings (SSSR count). The van der Waals surface area contributed by atoms with Gasteiger partial charge >= 0.3 is 16.1 Å². The predicted molar refractivity (Wildman–Crippen MR) is 145 cm³/mol. The van der Waals surface area contributed by atoms with E-state index in [2.05, 4.69) is 29.9 Å². The number of hydrogen-bond donors (Lipinski definition) is 8. The molecule has 2 fully saturated rings. The monoisotopic (exact) mass is 675 g/mol. The first-order valence-corrected chi connectivity index (χ1v) is 15.4. The number of anilines is 2. The molecule has 4 aromatic rings. The minimum absolute atomic E-state index is 0.0309. The van der Waals surface area contributed by atoms with Crippen LogP contribution in [-0.4, -0.2) is 114 Å². The maximum atomic E-state index is 13.0. The van der Waals surface area contributed by atoms with Crippen LogP contribution in [0.3, 0.4) is 0 Å². The van der Waals surface area contributed by atoms with Crippen molar-refractivity contribution in [3.05, 3.63) is 29.3 Å². The summed E-state index contributed by atoms with van der Waals surface area (Å²) in [6.45, 7) is -1.48.